The van der Waals surface area contributed by atoms with Crippen LogP contribution in [-0.4, -0.2) is 22.7 Å². The molecule has 1 saturated heterocycles. The average molecular weight is 255 g/mol. The van der Waals surface area contributed by atoms with Crippen molar-refractivity contribution in [3.05, 3.63) is 23.0 Å². The number of pyridine rings is 1. The van der Waals surface area contributed by atoms with Crippen molar-refractivity contribution in [3.8, 4) is 0 Å². The van der Waals surface area contributed by atoms with Gasteiger partial charge < -0.3 is 10.0 Å². The third kappa shape index (κ3) is 2.72. The van der Waals surface area contributed by atoms with Crippen LogP contribution in [0.1, 0.15) is 39.3 Å². The summed E-state index contributed by atoms with van der Waals surface area (Å²) in [5.41, 5.74) is 0.731. The molecule has 0 spiro atoms. The third-order valence-electron chi connectivity index (χ3n) is 3.29. The molecule has 1 aliphatic heterocycles. The SMILES string of the molecule is CC1CCCN1c1cc(Cl)nc(C(C)(C)O)c1. The van der Waals surface area contributed by atoms with E-state index in [4.69, 9.17) is 11.6 Å². The van der Waals surface area contributed by atoms with Crippen molar-refractivity contribution in [3.63, 3.8) is 0 Å². The fraction of sp³-hybridized carbons (Fsp3) is 0.615. The highest BCUT2D eigenvalue weighted by Crippen LogP contribution is 2.30. The first-order chi connectivity index (χ1) is 7.88. The molecule has 1 N–H and O–H groups in total. The van der Waals surface area contributed by atoms with Crippen LogP contribution in [0.5, 0.6) is 0 Å². The molecular weight excluding hydrogens is 236 g/mol. The zero-order valence-corrected chi connectivity index (χ0v) is 11.3. The molecule has 3 nitrogen and oxygen atoms in total. The first-order valence-electron chi connectivity index (χ1n) is 6.05. The molecule has 1 aromatic heterocycles. The fourth-order valence-electron chi connectivity index (χ4n) is 2.28. The van der Waals surface area contributed by atoms with Crippen LogP contribution in [0, 0.1) is 0 Å². The molecule has 1 unspecified atom stereocenters. The van der Waals surface area contributed by atoms with Gasteiger partial charge in [-0.15, -0.1) is 0 Å². The minimum Gasteiger partial charge on any atom is -0.384 e. The van der Waals surface area contributed by atoms with Gasteiger partial charge in [0.15, 0.2) is 0 Å². The lowest BCUT2D eigenvalue weighted by Crippen LogP contribution is -2.27. The van der Waals surface area contributed by atoms with Crippen molar-refractivity contribution >= 4 is 17.3 Å². The Bertz CT molecular complexity index is 414. The van der Waals surface area contributed by atoms with Crippen molar-refractivity contribution in [2.24, 2.45) is 0 Å². The molecule has 1 fully saturated rings. The van der Waals surface area contributed by atoms with Crippen molar-refractivity contribution in [2.75, 3.05) is 11.4 Å². The number of rotatable bonds is 2. The quantitative estimate of drug-likeness (QED) is 0.825. The van der Waals surface area contributed by atoms with Crippen LogP contribution >= 0.6 is 11.6 Å². The number of nitrogens with zero attached hydrogens (tertiary/aromatic N) is 2. The lowest BCUT2D eigenvalue weighted by molar-refractivity contribution is 0.0739. The average Bonchev–Trinajstić information content (AvgIpc) is 2.62. The lowest BCUT2D eigenvalue weighted by Gasteiger charge is -2.26. The Labute approximate surface area is 107 Å². The van der Waals surface area contributed by atoms with E-state index in [2.05, 4.69) is 16.8 Å². The van der Waals surface area contributed by atoms with Crippen molar-refractivity contribution < 1.29 is 5.11 Å². The predicted molar refractivity (Wildman–Crippen MR) is 70.5 cm³/mol. The first-order valence-corrected chi connectivity index (χ1v) is 6.43. The molecule has 0 bridgehead atoms. The van der Waals surface area contributed by atoms with Gasteiger partial charge in [-0.25, -0.2) is 4.98 Å². The summed E-state index contributed by atoms with van der Waals surface area (Å²) >= 11 is 6.03. The van der Waals surface area contributed by atoms with E-state index < -0.39 is 5.60 Å². The minimum atomic E-state index is -0.956. The number of aromatic nitrogens is 1. The predicted octanol–water partition coefficient (Wildman–Crippen LogP) is 2.95. The highest BCUT2D eigenvalue weighted by Gasteiger charge is 2.24. The van der Waals surface area contributed by atoms with Gasteiger partial charge in [0.05, 0.1) is 5.69 Å². The Balaban J connectivity index is 2.38. The van der Waals surface area contributed by atoms with Crippen LogP contribution in [0.15, 0.2) is 12.1 Å². The maximum atomic E-state index is 10.0. The zero-order valence-electron chi connectivity index (χ0n) is 10.6. The third-order valence-corrected chi connectivity index (χ3v) is 3.48. The summed E-state index contributed by atoms with van der Waals surface area (Å²) in [4.78, 5) is 6.51. The van der Waals surface area contributed by atoms with Crippen LogP contribution in [0.3, 0.4) is 0 Å². The number of aliphatic hydroxyl groups is 1. The highest BCUT2D eigenvalue weighted by molar-refractivity contribution is 6.29. The maximum absolute atomic E-state index is 10.0. The highest BCUT2D eigenvalue weighted by atomic mass is 35.5. The molecule has 2 heterocycles. The summed E-state index contributed by atoms with van der Waals surface area (Å²) in [6, 6.07) is 4.34. The second-order valence-electron chi connectivity index (χ2n) is 5.28. The largest absolute Gasteiger partial charge is 0.384 e. The molecule has 0 amide bonds. The van der Waals surface area contributed by atoms with E-state index in [0.29, 0.717) is 16.9 Å². The van der Waals surface area contributed by atoms with Crippen molar-refractivity contribution in [1.82, 2.24) is 4.98 Å². The molecule has 94 valence electrons. The standard InChI is InChI=1S/C13H19ClN2O/c1-9-5-4-6-16(9)10-7-11(13(2,3)17)15-12(14)8-10/h7-9,17H,4-6H2,1-3H3. The number of hydrogen-bond donors (Lipinski definition) is 1. The van der Waals surface area contributed by atoms with Gasteiger partial charge in [0.1, 0.15) is 10.8 Å². The van der Waals surface area contributed by atoms with Crippen LogP contribution in [0.4, 0.5) is 5.69 Å². The summed E-state index contributed by atoms with van der Waals surface area (Å²) in [5, 5.41) is 10.5. The fourth-order valence-corrected chi connectivity index (χ4v) is 2.48. The molecule has 4 heteroatoms. The number of anilines is 1. The summed E-state index contributed by atoms with van der Waals surface area (Å²) in [6.07, 6.45) is 2.41. The molecule has 0 radical (unpaired) electrons. The van der Waals surface area contributed by atoms with Crippen molar-refractivity contribution in [1.29, 1.82) is 0 Å². The van der Waals surface area contributed by atoms with Gasteiger partial charge in [-0.1, -0.05) is 11.6 Å². The molecule has 17 heavy (non-hydrogen) atoms. The minimum absolute atomic E-state index is 0.443. The molecule has 1 aromatic rings. The Morgan fingerprint density at radius 3 is 2.71 bits per heavy atom. The topological polar surface area (TPSA) is 36.4 Å². The van der Waals surface area contributed by atoms with E-state index in [0.717, 1.165) is 12.2 Å². The normalized spacial score (nSPS) is 21.0. The Morgan fingerprint density at radius 1 is 1.47 bits per heavy atom. The van der Waals surface area contributed by atoms with Gasteiger partial charge in [0, 0.05) is 18.3 Å². The smallest absolute Gasteiger partial charge is 0.131 e. The summed E-state index contributed by atoms with van der Waals surface area (Å²) < 4.78 is 0. The van der Waals surface area contributed by atoms with E-state index in [1.165, 1.54) is 12.8 Å². The van der Waals surface area contributed by atoms with Crippen LogP contribution in [0.25, 0.3) is 0 Å². The molecule has 1 aliphatic rings. The van der Waals surface area contributed by atoms with Gasteiger partial charge in [0.2, 0.25) is 0 Å². The van der Waals surface area contributed by atoms with Gasteiger partial charge >= 0.3 is 0 Å². The Kier molecular flexibility index (Phi) is 3.32. The monoisotopic (exact) mass is 254 g/mol. The second kappa shape index (κ2) is 4.46. The Morgan fingerprint density at radius 2 is 2.18 bits per heavy atom. The van der Waals surface area contributed by atoms with Crippen LogP contribution < -0.4 is 4.90 Å². The first kappa shape index (κ1) is 12.7. The molecule has 0 saturated carbocycles. The summed E-state index contributed by atoms with van der Waals surface area (Å²) in [5.74, 6) is 0. The number of hydrogen-bond acceptors (Lipinski definition) is 3. The summed E-state index contributed by atoms with van der Waals surface area (Å²) in [7, 11) is 0. The molecule has 0 aromatic carbocycles. The van der Waals surface area contributed by atoms with Crippen LogP contribution in [-0.2, 0) is 5.60 Å². The van der Waals surface area contributed by atoms with Crippen LogP contribution in [0.2, 0.25) is 5.15 Å². The van der Waals surface area contributed by atoms with Gasteiger partial charge in [-0.05, 0) is 45.7 Å². The van der Waals surface area contributed by atoms with E-state index in [-0.39, 0.29) is 0 Å². The van der Waals surface area contributed by atoms with E-state index in [1.54, 1.807) is 13.8 Å². The number of halogens is 1. The van der Waals surface area contributed by atoms with E-state index in [1.807, 2.05) is 12.1 Å². The van der Waals surface area contributed by atoms with E-state index in [9.17, 15) is 5.11 Å². The van der Waals surface area contributed by atoms with Crippen molar-refractivity contribution in [2.45, 2.75) is 45.3 Å². The Hall–Kier alpha value is -0.800. The van der Waals surface area contributed by atoms with E-state index >= 15 is 0 Å². The maximum Gasteiger partial charge on any atom is 0.131 e. The lowest BCUT2D eigenvalue weighted by atomic mass is 10.0. The molecule has 2 rings (SSSR count). The van der Waals surface area contributed by atoms with Gasteiger partial charge in [-0.2, -0.15) is 0 Å². The zero-order chi connectivity index (χ0) is 12.6. The van der Waals surface area contributed by atoms with Gasteiger partial charge in [0.25, 0.3) is 0 Å². The van der Waals surface area contributed by atoms with Gasteiger partial charge in [-0.3, -0.25) is 0 Å². The molecule has 1 atom stereocenters. The second-order valence-corrected chi connectivity index (χ2v) is 5.66. The molecule has 0 aliphatic carbocycles. The molecular formula is C13H19ClN2O. The summed E-state index contributed by atoms with van der Waals surface area (Å²) in [6.45, 7) is 6.71.